The lowest BCUT2D eigenvalue weighted by Gasteiger charge is -2.44. The lowest BCUT2D eigenvalue weighted by atomic mass is 9.84. The van der Waals surface area contributed by atoms with Gasteiger partial charge >= 0.3 is 6.18 Å². The van der Waals surface area contributed by atoms with Crippen molar-refractivity contribution >= 4 is 5.91 Å². The maximum absolute atomic E-state index is 12.9. The summed E-state index contributed by atoms with van der Waals surface area (Å²) in [6, 6.07) is 12.1. The standard InChI is InChI=1S/C21H21F3N2O/c22-21(23,24)18-3-1-2-17(12-18)14-4-6-16(7-5-14)20(27)25-19-13-26-10-8-15(19)9-11-26/h1-7,12,15,19H,8-11,13H2,(H,25,27). The molecule has 3 heterocycles. The van der Waals surface area contributed by atoms with Gasteiger partial charge < -0.3 is 10.2 Å². The fraction of sp³-hybridized carbons (Fsp3) is 0.381. The van der Waals surface area contributed by atoms with E-state index < -0.39 is 11.7 Å². The largest absolute Gasteiger partial charge is 0.416 e. The molecule has 6 heteroatoms. The average molecular weight is 374 g/mol. The van der Waals surface area contributed by atoms with Gasteiger partial charge in [-0.25, -0.2) is 0 Å². The van der Waals surface area contributed by atoms with Crippen molar-refractivity contribution in [3.05, 3.63) is 59.7 Å². The summed E-state index contributed by atoms with van der Waals surface area (Å²) in [5.41, 5.74) is 0.987. The minimum Gasteiger partial charge on any atom is -0.348 e. The molecular formula is C21H21F3N2O. The first-order chi connectivity index (χ1) is 12.9. The van der Waals surface area contributed by atoms with Crippen LogP contribution in [0.4, 0.5) is 13.2 Å². The Morgan fingerprint density at radius 2 is 1.70 bits per heavy atom. The summed E-state index contributed by atoms with van der Waals surface area (Å²) in [5.74, 6) is 0.424. The fourth-order valence-corrected chi connectivity index (χ4v) is 4.07. The highest BCUT2D eigenvalue weighted by Crippen LogP contribution is 2.32. The zero-order chi connectivity index (χ0) is 19.0. The number of rotatable bonds is 3. The van der Waals surface area contributed by atoms with Gasteiger partial charge in [-0.15, -0.1) is 0 Å². The highest BCUT2D eigenvalue weighted by Gasteiger charge is 2.35. The van der Waals surface area contributed by atoms with Gasteiger partial charge in [0.05, 0.1) is 5.56 Å². The van der Waals surface area contributed by atoms with Crippen LogP contribution >= 0.6 is 0 Å². The van der Waals surface area contributed by atoms with Crippen LogP contribution in [-0.2, 0) is 6.18 Å². The first kappa shape index (κ1) is 18.0. The van der Waals surface area contributed by atoms with Crippen LogP contribution < -0.4 is 5.32 Å². The van der Waals surface area contributed by atoms with Crippen LogP contribution in [0.15, 0.2) is 48.5 Å². The molecule has 1 unspecified atom stereocenters. The quantitative estimate of drug-likeness (QED) is 0.874. The van der Waals surface area contributed by atoms with Crippen LogP contribution in [0.2, 0.25) is 0 Å². The summed E-state index contributed by atoms with van der Waals surface area (Å²) in [4.78, 5) is 14.9. The summed E-state index contributed by atoms with van der Waals surface area (Å²) in [7, 11) is 0. The molecular weight excluding hydrogens is 353 g/mol. The van der Waals surface area contributed by atoms with Crippen molar-refractivity contribution in [1.82, 2.24) is 10.2 Å². The van der Waals surface area contributed by atoms with Gasteiger partial charge in [-0.3, -0.25) is 4.79 Å². The molecule has 3 nitrogen and oxygen atoms in total. The van der Waals surface area contributed by atoms with Crippen LogP contribution in [-0.4, -0.2) is 36.5 Å². The highest BCUT2D eigenvalue weighted by atomic mass is 19.4. The lowest BCUT2D eigenvalue weighted by Crippen LogP contribution is -2.57. The molecule has 0 aliphatic carbocycles. The van der Waals surface area contributed by atoms with Crippen LogP contribution in [0.5, 0.6) is 0 Å². The Kier molecular flexibility index (Phi) is 4.68. The Morgan fingerprint density at radius 1 is 1.00 bits per heavy atom. The van der Waals surface area contributed by atoms with Crippen LogP contribution in [0.25, 0.3) is 11.1 Å². The Balaban J connectivity index is 1.47. The number of nitrogens with one attached hydrogen (secondary N) is 1. The van der Waals surface area contributed by atoms with Crippen molar-refractivity contribution in [3.63, 3.8) is 0 Å². The Labute approximate surface area is 156 Å². The fourth-order valence-electron chi connectivity index (χ4n) is 4.07. The van der Waals surface area contributed by atoms with Crippen molar-refractivity contribution in [1.29, 1.82) is 0 Å². The molecule has 0 radical (unpaired) electrons. The maximum atomic E-state index is 12.9. The van der Waals surface area contributed by atoms with E-state index in [0.29, 0.717) is 22.6 Å². The predicted molar refractivity (Wildman–Crippen MR) is 97.3 cm³/mol. The van der Waals surface area contributed by atoms with Crippen molar-refractivity contribution in [2.75, 3.05) is 19.6 Å². The third-order valence-corrected chi connectivity index (χ3v) is 5.64. The second kappa shape index (κ2) is 7.00. The Bertz CT molecular complexity index is 824. The van der Waals surface area contributed by atoms with Gasteiger partial charge in [0.1, 0.15) is 0 Å². The zero-order valence-electron chi connectivity index (χ0n) is 14.8. The molecule has 2 aromatic carbocycles. The topological polar surface area (TPSA) is 32.3 Å². The maximum Gasteiger partial charge on any atom is 0.416 e. The summed E-state index contributed by atoms with van der Waals surface area (Å²) < 4.78 is 38.7. The molecule has 3 fully saturated rings. The number of carbonyl (C=O) groups is 1. The molecule has 27 heavy (non-hydrogen) atoms. The van der Waals surface area contributed by atoms with E-state index in [2.05, 4.69) is 10.2 Å². The van der Waals surface area contributed by atoms with Crippen molar-refractivity contribution < 1.29 is 18.0 Å². The number of hydrogen-bond donors (Lipinski definition) is 1. The average Bonchev–Trinajstić information content (AvgIpc) is 2.68. The molecule has 0 aromatic heterocycles. The summed E-state index contributed by atoms with van der Waals surface area (Å²) in [6.07, 6.45) is -2.12. The van der Waals surface area contributed by atoms with Crippen LogP contribution in [0.1, 0.15) is 28.8 Å². The predicted octanol–water partition coefficient (Wildman–Crippen LogP) is 4.20. The van der Waals surface area contributed by atoms with E-state index in [4.69, 9.17) is 0 Å². The number of nitrogens with zero attached hydrogens (tertiary/aromatic N) is 1. The molecule has 1 atom stereocenters. The van der Waals surface area contributed by atoms with Crippen molar-refractivity contribution in [2.45, 2.75) is 25.1 Å². The number of carbonyl (C=O) groups excluding carboxylic acids is 1. The van der Waals surface area contributed by atoms with Crippen molar-refractivity contribution in [2.24, 2.45) is 5.92 Å². The lowest BCUT2D eigenvalue weighted by molar-refractivity contribution is -0.137. The van der Waals surface area contributed by atoms with E-state index in [9.17, 15) is 18.0 Å². The van der Waals surface area contributed by atoms with Gasteiger partial charge in [0.25, 0.3) is 5.91 Å². The zero-order valence-corrected chi connectivity index (χ0v) is 14.8. The van der Waals surface area contributed by atoms with Crippen LogP contribution in [0, 0.1) is 5.92 Å². The van der Waals surface area contributed by atoms with Crippen molar-refractivity contribution in [3.8, 4) is 11.1 Å². The smallest absolute Gasteiger partial charge is 0.348 e. The monoisotopic (exact) mass is 374 g/mol. The van der Waals surface area contributed by atoms with Gasteiger partial charge in [-0.2, -0.15) is 13.2 Å². The number of benzene rings is 2. The molecule has 3 saturated heterocycles. The molecule has 2 bridgehead atoms. The second-order valence-electron chi connectivity index (χ2n) is 7.37. The Hall–Kier alpha value is -2.34. The minimum atomic E-state index is -4.37. The normalized spacial score (nSPS) is 24.6. The third-order valence-electron chi connectivity index (χ3n) is 5.64. The first-order valence-corrected chi connectivity index (χ1v) is 9.21. The molecule has 142 valence electrons. The number of piperidine rings is 3. The molecule has 3 aliphatic heterocycles. The highest BCUT2D eigenvalue weighted by molar-refractivity contribution is 5.95. The van der Waals surface area contributed by atoms with Crippen LogP contribution in [0.3, 0.4) is 0 Å². The first-order valence-electron chi connectivity index (χ1n) is 9.21. The number of halogens is 3. The van der Waals surface area contributed by atoms with E-state index in [-0.39, 0.29) is 11.9 Å². The van der Waals surface area contributed by atoms with E-state index >= 15 is 0 Å². The van der Waals surface area contributed by atoms with E-state index in [1.807, 2.05) is 0 Å². The molecule has 0 spiro atoms. The molecule has 5 rings (SSSR count). The van der Waals surface area contributed by atoms with Gasteiger partial charge in [0.2, 0.25) is 0 Å². The van der Waals surface area contributed by atoms with E-state index in [0.717, 1.165) is 44.6 Å². The van der Waals surface area contributed by atoms with Gasteiger partial charge in [-0.1, -0.05) is 24.3 Å². The minimum absolute atomic E-state index is 0.121. The van der Waals surface area contributed by atoms with Gasteiger partial charge in [0.15, 0.2) is 0 Å². The third kappa shape index (κ3) is 3.86. The number of amides is 1. The number of fused-ring (bicyclic) bond motifs is 3. The van der Waals surface area contributed by atoms with E-state index in [1.54, 1.807) is 30.3 Å². The van der Waals surface area contributed by atoms with Gasteiger partial charge in [0, 0.05) is 18.2 Å². The molecule has 0 saturated carbocycles. The molecule has 2 aromatic rings. The molecule has 1 amide bonds. The number of alkyl halides is 3. The second-order valence-corrected chi connectivity index (χ2v) is 7.37. The summed E-state index contributed by atoms with van der Waals surface area (Å²) in [6.45, 7) is 3.13. The Morgan fingerprint density at radius 3 is 2.30 bits per heavy atom. The number of hydrogen-bond acceptors (Lipinski definition) is 2. The summed E-state index contributed by atoms with van der Waals surface area (Å²) in [5, 5.41) is 3.13. The molecule has 1 N–H and O–H groups in total. The van der Waals surface area contributed by atoms with E-state index in [1.165, 1.54) is 6.07 Å². The SMILES string of the molecule is O=C(NC1CN2CCC1CC2)c1ccc(-c2cccc(C(F)(F)F)c2)cc1. The van der Waals surface area contributed by atoms with Gasteiger partial charge in [-0.05, 0) is 67.2 Å². The molecule has 3 aliphatic rings. The summed E-state index contributed by atoms with van der Waals surface area (Å²) >= 11 is 0.